The first kappa shape index (κ1) is 13.9. The van der Waals surface area contributed by atoms with Crippen LogP contribution in [0.1, 0.15) is 12.8 Å². The van der Waals surface area contributed by atoms with Crippen LogP contribution in [0.3, 0.4) is 0 Å². The summed E-state index contributed by atoms with van der Waals surface area (Å²) in [5.41, 5.74) is 5.65. The minimum Gasteiger partial charge on any atom is -0.480 e. The molecule has 0 spiro atoms. The quantitative estimate of drug-likeness (QED) is 0.538. The number of carboxylic acids is 1. The van der Waals surface area contributed by atoms with Crippen LogP contribution in [-0.4, -0.2) is 65.4 Å². The van der Waals surface area contributed by atoms with E-state index in [1.54, 1.807) is 0 Å². The lowest BCUT2D eigenvalue weighted by molar-refractivity contribution is -0.148. The molecule has 1 saturated heterocycles. The van der Waals surface area contributed by atoms with Crippen molar-refractivity contribution in [3.8, 4) is 0 Å². The molecule has 98 valence electrons. The Morgan fingerprint density at radius 3 is 2.76 bits per heavy atom. The van der Waals surface area contributed by atoms with Gasteiger partial charge in [0.05, 0.1) is 12.1 Å². The van der Waals surface area contributed by atoms with Gasteiger partial charge in [-0.15, -0.1) is 0 Å². The Balaban J connectivity index is 2.63. The van der Waals surface area contributed by atoms with Crippen molar-refractivity contribution < 1.29 is 24.5 Å². The lowest BCUT2D eigenvalue weighted by atomic mass is 10.1. The highest BCUT2D eigenvalue weighted by atomic mass is 16.5. The SMILES string of the molecule is COCCC(N)C(=O)N1CC(O)C[C@H]1C(=O)O. The molecule has 0 aromatic rings. The monoisotopic (exact) mass is 246 g/mol. The molecule has 7 nitrogen and oxygen atoms in total. The number of carboxylic acid groups (broad SMARTS) is 1. The number of hydrogen-bond donors (Lipinski definition) is 3. The van der Waals surface area contributed by atoms with Gasteiger partial charge < -0.3 is 25.6 Å². The zero-order chi connectivity index (χ0) is 13.0. The van der Waals surface area contributed by atoms with Gasteiger partial charge in [0.25, 0.3) is 0 Å². The third-order valence-electron chi connectivity index (χ3n) is 2.80. The smallest absolute Gasteiger partial charge is 0.326 e. The van der Waals surface area contributed by atoms with Crippen molar-refractivity contribution in [3.05, 3.63) is 0 Å². The van der Waals surface area contributed by atoms with Crippen molar-refractivity contribution in [1.29, 1.82) is 0 Å². The van der Waals surface area contributed by atoms with Crippen molar-refractivity contribution in [2.75, 3.05) is 20.3 Å². The van der Waals surface area contributed by atoms with Crippen molar-refractivity contribution >= 4 is 11.9 Å². The number of rotatable bonds is 5. The van der Waals surface area contributed by atoms with Gasteiger partial charge in [-0.05, 0) is 6.42 Å². The largest absolute Gasteiger partial charge is 0.480 e. The first-order valence-corrected chi connectivity index (χ1v) is 5.43. The molecule has 1 fully saturated rings. The Morgan fingerprint density at radius 2 is 2.24 bits per heavy atom. The highest BCUT2D eigenvalue weighted by molar-refractivity contribution is 5.87. The fourth-order valence-corrected chi connectivity index (χ4v) is 1.87. The summed E-state index contributed by atoms with van der Waals surface area (Å²) in [5, 5.41) is 18.3. The standard InChI is InChI=1S/C10H18N2O5/c1-17-3-2-7(11)9(14)12-5-6(13)4-8(12)10(15)16/h6-8,13H,2-5,11H2,1H3,(H,15,16)/t6?,7?,8-/m0/s1. The predicted molar refractivity (Wildman–Crippen MR) is 58.2 cm³/mol. The maximum Gasteiger partial charge on any atom is 0.326 e. The minimum atomic E-state index is -1.12. The molecule has 3 atom stereocenters. The molecule has 0 bridgehead atoms. The van der Waals surface area contributed by atoms with Crippen LogP contribution >= 0.6 is 0 Å². The fraction of sp³-hybridized carbons (Fsp3) is 0.800. The number of aliphatic hydroxyl groups excluding tert-OH is 1. The van der Waals surface area contributed by atoms with E-state index in [-0.39, 0.29) is 13.0 Å². The number of aliphatic carboxylic acids is 1. The van der Waals surface area contributed by atoms with Crippen LogP contribution in [0.25, 0.3) is 0 Å². The summed E-state index contributed by atoms with van der Waals surface area (Å²) in [5.74, 6) is -1.57. The summed E-state index contributed by atoms with van der Waals surface area (Å²) >= 11 is 0. The normalized spacial score (nSPS) is 25.9. The van der Waals surface area contributed by atoms with Gasteiger partial charge in [-0.2, -0.15) is 0 Å². The Hall–Kier alpha value is -1.18. The molecule has 1 heterocycles. The van der Waals surface area contributed by atoms with Crippen molar-refractivity contribution in [2.45, 2.75) is 31.0 Å². The number of hydrogen-bond acceptors (Lipinski definition) is 5. The zero-order valence-electron chi connectivity index (χ0n) is 9.70. The third-order valence-corrected chi connectivity index (χ3v) is 2.80. The fourth-order valence-electron chi connectivity index (χ4n) is 1.87. The van der Waals surface area contributed by atoms with E-state index >= 15 is 0 Å². The Kier molecular flexibility index (Phi) is 4.86. The molecular weight excluding hydrogens is 228 g/mol. The van der Waals surface area contributed by atoms with E-state index in [9.17, 15) is 14.7 Å². The van der Waals surface area contributed by atoms with E-state index in [1.807, 2.05) is 0 Å². The summed E-state index contributed by atoms with van der Waals surface area (Å²) in [4.78, 5) is 23.9. The number of methoxy groups -OCH3 is 1. The van der Waals surface area contributed by atoms with Crippen molar-refractivity contribution in [3.63, 3.8) is 0 Å². The average Bonchev–Trinajstić information content (AvgIpc) is 2.67. The second kappa shape index (κ2) is 5.95. The Bertz CT molecular complexity index is 296. The molecule has 1 aliphatic heterocycles. The molecule has 4 N–H and O–H groups in total. The molecule has 1 aliphatic rings. The minimum absolute atomic E-state index is 0.0243. The molecule has 0 aliphatic carbocycles. The zero-order valence-corrected chi connectivity index (χ0v) is 9.70. The van der Waals surface area contributed by atoms with Gasteiger partial charge in [0.15, 0.2) is 0 Å². The van der Waals surface area contributed by atoms with Crippen LogP contribution in [0.4, 0.5) is 0 Å². The summed E-state index contributed by atoms with van der Waals surface area (Å²) < 4.78 is 4.80. The van der Waals surface area contributed by atoms with Crippen molar-refractivity contribution in [1.82, 2.24) is 4.90 Å². The van der Waals surface area contributed by atoms with Crippen LogP contribution in [0.15, 0.2) is 0 Å². The van der Waals surface area contributed by atoms with Gasteiger partial charge >= 0.3 is 5.97 Å². The molecular formula is C10H18N2O5. The summed E-state index contributed by atoms with van der Waals surface area (Å²) in [7, 11) is 1.50. The average molecular weight is 246 g/mol. The molecule has 0 saturated carbocycles. The van der Waals surface area contributed by atoms with E-state index < -0.39 is 30.1 Å². The maximum atomic E-state index is 11.9. The maximum absolute atomic E-state index is 11.9. The molecule has 17 heavy (non-hydrogen) atoms. The first-order valence-electron chi connectivity index (χ1n) is 5.43. The number of amides is 1. The van der Waals surface area contributed by atoms with Gasteiger partial charge in [0, 0.05) is 26.7 Å². The van der Waals surface area contributed by atoms with E-state index in [1.165, 1.54) is 7.11 Å². The third kappa shape index (κ3) is 3.39. The van der Waals surface area contributed by atoms with Gasteiger partial charge in [-0.3, -0.25) is 4.79 Å². The van der Waals surface area contributed by atoms with Gasteiger partial charge in [-0.25, -0.2) is 4.79 Å². The lowest BCUT2D eigenvalue weighted by Crippen LogP contribution is -2.49. The topological polar surface area (TPSA) is 113 Å². The number of ether oxygens (including phenoxy) is 1. The second-order valence-corrected chi connectivity index (χ2v) is 4.12. The van der Waals surface area contributed by atoms with E-state index in [0.29, 0.717) is 13.0 Å². The number of likely N-dealkylation sites (tertiary alicyclic amines) is 1. The number of nitrogens with two attached hydrogens (primary N) is 1. The van der Waals surface area contributed by atoms with E-state index in [0.717, 1.165) is 4.90 Å². The second-order valence-electron chi connectivity index (χ2n) is 4.12. The van der Waals surface area contributed by atoms with Gasteiger partial charge in [0.2, 0.25) is 5.91 Å². The Morgan fingerprint density at radius 1 is 1.59 bits per heavy atom. The molecule has 2 unspecified atom stereocenters. The molecule has 0 aromatic heterocycles. The van der Waals surface area contributed by atoms with Crippen LogP contribution in [0, 0.1) is 0 Å². The summed E-state index contributed by atoms with van der Waals surface area (Å²) in [6.45, 7) is 0.359. The molecule has 1 rings (SSSR count). The highest BCUT2D eigenvalue weighted by Gasteiger charge is 2.40. The number of carbonyl (C=O) groups excluding carboxylic acids is 1. The highest BCUT2D eigenvalue weighted by Crippen LogP contribution is 2.19. The predicted octanol–water partition coefficient (Wildman–Crippen LogP) is -1.60. The van der Waals surface area contributed by atoms with Crippen LogP contribution in [0.2, 0.25) is 0 Å². The van der Waals surface area contributed by atoms with E-state index in [4.69, 9.17) is 15.6 Å². The molecule has 1 amide bonds. The number of nitrogens with zero attached hydrogens (tertiary/aromatic N) is 1. The summed E-state index contributed by atoms with van der Waals surface area (Å²) in [6.07, 6.45) is -0.415. The molecule has 0 aromatic carbocycles. The molecule has 7 heteroatoms. The van der Waals surface area contributed by atoms with E-state index in [2.05, 4.69) is 0 Å². The van der Waals surface area contributed by atoms with Crippen LogP contribution in [0.5, 0.6) is 0 Å². The van der Waals surface area contributed by atoms with Gasteiger partial charge in [-0.1, -0.05) is 0 Å². The number of aliphatic hydroxyl groups is 1. The number of β-amino-alcohol motifs (C(OH)–C–C–N with tert-alkyl or cyclic N) is 1. The van der Waals surface area contributed by atoms with Crippen LogP contribution in [-0.2, 0) is 14.3 Å². The van der Waals surface area contributed by atoms with Crippen molar-refractivity contribution in [2.24, 2.45) is 5.73 Å². The first-order chi connectivity index (χ1) is 7.97. The molecule has 0 radical (unpaired) electrons. The van der Waals surface area contributed by atoms with Crippen LogP contribution < -0.4 is 5.73 Å². The summed E-state index contributed by atoms with van der Waals surface area (Å²) in [6, 6.07) is -1.77. The lowest BCUT2D eigenvalue weighted by Gasteiger charge is -2.24. The number of carbonyl (C=O) groups is 2. The Labute approximate surface area is 99.1 Å². The van der Waals surface area contributed by atoms with Gasteiger partial charge in [0.1, 0.15) is 6.04 Å².